The van der Waals surface area contributed by atoms with Crippen molar-refractivity contribution in [3.63, 3.8) is 0 Å². The molecule has 0 aromatic heterocycles. The molecule has 0 saturated heterocycles. The number of aryl methyl sites for hydroxylation is 1. The molecule has 134 valence electrons. The Morgan fingerprint density at radius 2 is 1.68 bits per heavy atom. The second kappa shape index (κ2) is 9.57. The van der Waals surface area contributed by atoms with Gasteiger partial charge in [0, 0.05) is 6.42 Å². The summed E-state index contributed by atoms with van der Waals surface area (Å²) >= 11 is 0. The predicted octanol–water partition coefficient (Wildman–Crippen LogP) is 4.06. The molecule has 0 heterocycles. The number of hydrogen-bond acceptors (Lipinski definition) is 4. The highest BCUT2D eigenvalue weighted by molar-refractivity contribution is 5.92. The normalized spacial score (nSPS) is 10.2. The minimum Gasteiger partial charge on any atom is -0.495 e. The van der Waals surface area contributed by atoms with Crippen LogP contribution in [0.15, 0.2) is 42.5 Å². The summed E-state index contributed by atoms with van der Waals surface area (Å²) in [5, 5.41) is 2.88. The minimum absolute atomic E-state index is 0.0589. The molecule has 2 aromatic carbocycles. The molecule has 0 aliphatic carbocycles. The van der Waals surface area contributed by atoms with Crippen LogP contribution in [-0.4, -0.2) is 26.2 Å². The zero-order chi connectivity index (χ0) is 18.1. The van der Waals surface area contributed by atoms with Crippen molar-refractivity contribution in [2.24, 2.45) is 0 Å². The van der Waals surface area contributed by atoms with Crippen molar-refractivity contribution in [2.75, 3.05) is 25.6 Å². The Balaban J connectivity index is 1.98. The summed E-state index contributed by atoms with van der Waals surface area (Å²) < 4.78 is 16.4. The topological polar surface area (TPSA) is 56.8 Å². The van der Waals surface area contributed by atoms with Gasteiger partial charge in [-0.05, 0) is 50.1 Å². The lowest BCUT2D eigenvalue weighted by Gasteiger charge is -2.13. The Morgan fingerprint density at radius 3 is 2.40 bits per heavy atom. The van der Waals surface area contributed by atoms with E-state index in [2.05, 4.69) is 5.32 Å². The largest absolute Gasteiger partial charge is 0.495 e. The van der Waals surface area contributed by atoms with Crippen molar-refractivity contribution in [3.8, 4) is 17.2 Å². The Hall–Kier alpha value is -2.69. The maximum Gasteiger partial charge on any atom is 0.224 e. The van der Waals surface area contributed by atoms with Gasteiger partial charge >= 0.3 is 0 Å². The van der Waals surface area contributed by atoms with E-state index in [1.54, 1.807) is 7.11 Å². The lowest BCUT2D eigenvalue weighted by Crippen LogP contribution is -2.13. The fourth-order valence-corrected chi connectivity index (χ4v) is 2.47. The van der Waals surface area contributed by atoms with E-state index in [-0.39, 0.29) is 5.91 Å². The molecule has 0 aliphatic heterocycles. The fourth-order valence-electron chi connectivity index (χ4n) is 2.47. The smallest absolute Gasteiger partial charge is 0.224 e. The molecule has 5 heteroatoms. The number of carbonyl (C=O) groups excluding carboxylic acids is 1. The van der Waals surface area contributed by atoms with Crippen LogP contribution in [0.25, 0.3) is 0 Å². The lowest BCUT2D eigenvalue weighted by atomic mass is 10.1. The van der Waals surface area contributed by atoms with E-state index >= 15 is 0 Å². The second-order valence-corrected chi connectivity index (χ2v) is 5.40. The van der Waals surface area contributed by atoms with Crippen molar-refractivity contribution in [1.29, 1.82) is 0 Å². The van der Waals surface area contributed by atoms with E-state index in [4.69, 9.17) is 14.2 Å². The highest BCUT2D eigenvalue weighted by Crippen LogP contribution is 2.29. The van der Waals surface area contributed by atoms with Gasteiger partial charge in [0.05, 0.1) is 26.0 Å². The molecule has 0 saturated carbocycles. The quantitative estimate of drug-likeness (QED) is 0.746. The number of ether oxygens (including phenoxy) is 3. The van der Waals surface area contributed by atoms with E-state index in [1.807, 2.05) is 56.3 Å². The molecule has 0 spiro atoms. The van der Waals surface area contributed by atoms with Gasteiger partial charge in [-0.25, -0.2) is 0 Å². The first-order valence-corrected chi connectivity index (χ1v) is 8.49. The van der Waals surface area contributed by atoms with Gasteiger partial charge < -0.3 is 19.5 Å². The van der Waals surface area contributed by atoms with Crippen molar-refractivity contribution in [1.82, 2.24) is 0 Å². The molecule has 1 N–H and O–H groups in total. The van der Waals surface area contributed by atoms with Gasteiger partial charge in [0.1, 0.15) is 5.75 Å². The van der Waals surface area contributed by atoms with Crippen molar-refractivity contribution in [2.45, 2.75) is 26.7 Å². The van der Waals surface area contributed by atoms with Gasteiger partial charge in [-0.15, -0.1) is 0 Å². The van der Waals surface area contributed by atoms with E-state index in [0.29, 0.717) is 43.2 Å². The summed E-state index contributed by atoms with van der Waals surface area (Å²) in [4.78, 5) is 12.2. The standard InChI is InChI=1S/C20H25NO4/c1-4-24-18-12-10-15(14-19(18)25-5-2)11-13-20(22)21-16-8-6-7-9-17(16)23-3/h6-10,12,14H,4-5,11,13H2,1-3H3,(H,21,22). The van der Waals surface area contributed by atoms with Crippen LogP contribution >= 0.6 is 0 Å². The number of para-hydroxylation sites is 2. The molecular weight excluding hydrogens is 318 g/mol. The summed E-state index contributed by atoms with van der Waals surface area (Å²) in [6.07, 6.45) is 0.991. The SMILES string of the molecule is CCOc1ccc(CCC(=O)Nc2ccccc2OC)cc1OCC. The van der Waals surface area contributed by atoms with Crippen molar-refractivity contribution < 1.29 is 19.0 Å². The van der Waals surface area contributed by atoms with Crippen LogP contribution < -0.4 is 19.5 Å². The van der Waals surface area contributed by atoms with Crippen LogP contribution in [0.4, 0.5) is 5.69 Å². The third kappa shape index (κ3) is 5.41. The van der Waals surface area contributed by atoms with Crippen LogP contribution in [0.1, 0.15) is 25.8 Å². The Bertz CT molecular complexity index is 700. The van der Waals surface area contributed by atoms with Gasteiger partial charge in [0.25, 0.3) is 0 Å². The number of benzene rings is 2. The first-order chi connectivity index (χ1) is 12.2. The molecule has 25 heavy (non-hydrogen) atoms. The first kappa shape index (κ1) is 18.6. The zero-order valence-corrected chi connectivity index (χ0v) is 15.0. The van der Waals surface area contributed by atoms with E-state index in [1.165, 1.54) is 0 Å². The van der Waals surface area contributed by atoms with Crippen LogP contribution in [0, 0.1) is 0 Å². The summed E-state index contributed by atoms with van der Waals surface area (Å²) in [6.45, 7) is 5.02. The molecule has 0 atom stereocenters. The number of methoxy groups -OCH3 is 1. The molecule has 0 unspecified atom stereocenters. The Labute approximate surface area is 148 Å². The molecule has 0 radical (unpaired) electrons. The third-order valence-corrected chi connectivity index (χ3v) is 3.63. The molecule has 0 bridgehead atoms. The molecule has 2 rings (SSSR count). The summed E-state index contributed by atoms with van der Waals surface area (Å²) in [5.41, 5.74) is 1.71. The number of anilines is 1. The van der Waals surface area contributed by atoms with E-state index in [0.717, 1.165) is 11.3 Å². The predicted molar refractivity (Wildman–Crippen MR) is 98.7 cm³/mol. The maximum absolute atomic E-state index is 12.2. The molecule has 0 aliphatic rings. The Kier molecular flexibility index (Phi) is 7.14. The molecule has 2 aromatic rings. The van der Waals surface area contributed by atoms with Crippen molar-refractivity contribution in [3.05, 3.63) is 48.0 Å². The zero-order valence-electron chi connectivity index (χ0n) is 15.0. The number of nitrogens with one attached hydrogen (secondary N) is 1. The highest BCUT2D eigenvalue weighted by Gasteiger charge is 2.10. The van der Waals surface area contributed by atoms with Crippen molar-refractivity contribution >= 4 is 11.6 Å². The number of amides is 1. The highest BCUT2D eigenvalue weighted by atomic mass is 16.5. The number of carbonyl (C=O) groups is 1. The lowest BCUT2D eigenvalue weighted by molar-refractivity contribution is -0.116. The number of rotatable bonds is 9. The average molecular weight is 343 g/mol. The van der Waals surface area contributed by atoms with Gasteiger partial charge in [-0.3, -0.25) is 4.79 Å². The Morgan fingerprint density at radius 1 is 0.960 bits per heavy atom. The van der Waals surface area contributed by atoms with Gasteiger partial charge in [0.15, 0.2) is 11.5 Å². The monoisotopic (exact) mass is 343 g/mol. The van der Waals surface area contributed by atoms with Crippen LogP contribution in [0.2, 0.25) is 0 Å². The van der Waals surface area contributed by atoms with E-state index < -0.39 is 0 Å². The summed E-state index contributed by atoms with van der Waals surface area (Å²) in [5.74, 6) is 2.03. The van der Waals surface area contributed by atoms with Crippen LogP contribution in [-0.2, 0) is 11.2 Å². The van der Waals surface area contributed by atoms with Gasteiger partial charge in [0.2, 0.25) is 5.91 Å². The molecule has 5 nitrogen and oxygen atoms in total. The number of hydrogen-bond donors (Lipinski definition) is 1. The average Bonchev–Trinajstić information content (AvgIpc) is 2.62. The fraction of sp³-hybridized carbons (Fsp3) is 0.350. The maximum atomic E-state index is 12.2. The van der Waals surface area contributed by atoms with E-state index in [9.17, 15) is 4.79 Å². The summed E-state index contributed by atoms with van der Waals surface area (Å²) in [7, 11) is 1.58. The summed E-state index contributed by atoms with van der Waals surface area (Å²) in [6, 6.07) is 13.1. The van der Waals surface area contributed by atoms with Gasteiger partial charge in [-0.1, -0.05) is 18.2 Å². The third-order valence-electron chi connectivity index (χ3n) is 3.63. The van der Waals surface area contributed by atoms with Gasteiger partial charge in [-0.2, -0.15) is 0 Å². The molecule has 1 amide bonds. The van der Waals surface area contributed by atoms with Crippen LogP contribution in [0.3, 0.4) is 0 Å². The molecule has 0 fully saturated rings. The first-order valence-electron chi connectivity index (χ1n) is 8.49. The molecular formula is C20H25NO4. The minimum atomic E-state index is -0.0589. The second-order valence-electron chi connectivity index (χ2n) is 5.40. The van der Waals surface area contributed by atoms with Crippen LogP contribution in [0.5, 0.6) is 17.2 Å².